The van der Waals surface area contributed by atoms with Gasteiger partial charge in [0.25, 0.3) is 0 Å². The lowest BCUT2D eigenvalue weighted by atomic mass is 9.90. The second kappa shape index (κ2) is 6.12. The Hall–Kier alpha value is -1.10. The molecule has 0 aromatic heterocycles. The van der Waals surface area contributed by atoms with Crippen molar-refractivity contribution < 1.29 is 14.3 Å². The van der Waals surface area contributed by atoms with Crippen molar-refractivity contribution in [2.45, 2.75) is 58.0 Å². The molecule has 2 unspecified atom stereocenters. The average molecular weight is 282 g/mol. The maximum atomic E-state index is 12.7. The Kier molecular flexibility index (Phi) is 4.68. The molecule has 0 bridgehead atoms. The van der Waals surface area contributed by atoms with Crippen molar-refractivity contribution in [3.8, 4) is 0 Å². The highest BCUT2D eigenvalue weighted by molar-refractivity contribution is 5.99. The molecule has 1 heterocycles. The standard InChI is InChI=1S/C15H26N2O3/c1-4-9-20-10-8-17-12(11-6-7-11)13(18)16-15(3,5-2)14(17)19/h11-12H,4-10H2,1-3H3,(H,16,18). The fourth-order valence-electron chi connectivity index (χ4n) is 2.75. The highest BCUT2D eigenvalue weighted by Gasteiger charge is 2.51. The number of carbonyl (C=O) groups is 2. The minimum absolute atomic E-state index is 0.00643. The van der Waals surface area contributed by atoms with Crippen molar-refractivity contribution in [1.82, 2.24) is 10.2 Å². The molecular weight excluding hydrogens is 256 g/mol. The molecular formula is C15H26N2O3. The minimum atomic E-state index is -0.757. The predicted octanol–water partition coefficient (Wildman–Crippen LogP) is 1.32. The van der Waals surface area contributed by atoms with E-state index in [2.05, 4.69) is 12.2 Å². The van der Waals surface area contributed by atoms with Crippen LogP contribution in [0, 0.1) is 5.92 Å². The Morgan fingerprint density at radius 3 is 2.55 bits per heavy atom. The second-order valence-electron chi connectivity index (χ2n) is 6.07. The molecule has 2 fully saturated rings. The fourth-order valence-corrected chi connectivity index (χ4v) is 2.75. The van der Waals surface area contributed by atoms with Crippen LogP contribution >= 0.6 is 0 Å². The predicted molar refractivity (Wildman–Crippen MR) is 76.2 cm³/mol. The third-order valence-electron chi connectivity index (χ3n) is 4.34. The number of hydrogen-bond acceptors (Lipinski definition) is 3. The Balaban J connectivity index is 2.07. The maximum absolute atomic E-state index is 12.7. The van der Waals surface area contributed by atoms with Gasteiger partial charge in [-0.15, -0.1) is 0 Å². The molecule has 2 rings (SSSR count). The lowest BCUT2D eigenvalue weighted by Crippen LogP contribution is -2.69. The Bertz CT molecular complexity index is 381. The summed E-state index contributed by atoms with van der Waals surface area (Å²) in [6, 6.07) is -0.285. The van der Waals surface area contributed by atoms with Gasteiger partial charge >= 0.3 is 0 Å². The summed E-state index contributed by atoms with van der Waals surface area (Å²) in [7, 11) is 0. The van der Waals surface area contributed by atoms with E-state index in [1.807, 2.05) is 13.8 Å². The lowest BCUT2D eigenvalue weighted by molar-refractivity contribution is -0.156. The molecule has 0 radical (unpaired) electrons. The molecule has 1 N–H and O–H groups in total. The van der Waals surface area contributed by atoms with Gasteiger partial charge in [-0.1, -0.05) is 13.8 Å². The number of rotatable bonds is 7. The largest absolute Gasteiger partial charge is 0.380 e. The smallest absolute Gasteiger partial charge is 0.248 e. The van der Waals surface area contributed by atoms with Gasteiger partial charge < -0.3 is 15.0 Å². The molecule has 5 nitrogen and oxygen atoms in total. The molecule has 2 amide bonds. The Morgan fingerprint density at radius 1 is 1.30 bits per heavy atom. The monoisotopic (exact) mass is 282 g/mol. The van der Waals surface area contributed by atoms with Crippen LogP contribution < -0.4 is 5.32 Å². The first-order valence-electron chi connectivity index (χ1n) is 7.74. The molecule has 1 aliphatic heterocycles. The molecule has 114 valence electrons. The first kappa shape index (κ1) is 15.3. The summed E-state index contributed by atoms with van der Waals surface area (Å²) in [5.41, 5.74) is -0.757. The van der Waals surface area contributed by atoms with E-state index < -0.39 is 5.54 Å². The van der Waals surface area contributed by atoms with E-state index in [4.69, 9.17) is 4.74 Å². The third kappa shape index (κ3) is 2.97. The van der Waals surface area contributed by atoms with Crippen molar-refractivity contribution in [3.63, 3.8) is 0 Å². The molecule has 0 aromatic rings. The highest BCUT2D eigenvalue weighted by atomic mass is 16.5. The van der Waals surface area contributed by atoms with Gasteiger partial charge in [0.1, 0.15) is 11.6 Å². The summed E-state index contributed by atoms with van der Waals surface area (Å²) in [5, 5.41) is 2.92. The molecule has 0 aromatic carbocycles. The van der Waals surface area contributed by atoms with Crippen molar-refractivity contribution in [2.75, 3.05) is 19.8 Å². The van der Waals surface area contributed by atoms with Gasteiger partial charge in [0, 0.05) is 13.2 Å². The van der Waals surface area contributed by atoms with Gasteiger partial charge in [-0.05, 0) is 38.5 Å². The fraction of sp³-hybridized carbons (Fsp3) is 0.867. The quantitative estimate of drug-likeness (QED) is 0.716. The second-order valence-corrected chi connectivity index (χ2v) is 6.07. The lowest BCUT2D eigenvalue weighted by Gasteiger charge is -2.44. The van der Waals surface area contributed by atoms with Crippen LogP contribution in [0.5, 0.6) is 0 Å². The van der Waals surface area contributed by atoms with Gasteiger partial charge in [0.05, 0.1) is 6.61 Å². The molecule has 2 atom stereocenters. The Labute approximate surface area is 121 Å². The SMILES string of the molecule is CCCOCCN1C(=O)C(C)(CC)NC(=O)C1C1CC1. The van der Waals surface area contributed by atoms with Gasteiger partial charge in [0.2, 0.25) is 11.8 Å². The molecule has 2 aliphatic rings. The van der Waals surface area contributed by atoms with Crippen LogP contribution in [0.15, 0.2) is 0 Å². The van der Waals surface area contributed by atoms with E-state index in [1.165, 1.54) is 0 Å². The Morgan fingerprint density at radius 2 is 2.00 bits per heavy atom. The molecule has 0 spiro atoms. The zero-order valence-corrected chi connectivity index (χ0v) is 12.8. The van der Waals surface area contributed by atoms with Gasteiger partial charge in [-0.3, -0.25) is 9.59 Å². The van der Waals surface area contributed by atoms with Crippen molar-refractivity contribution in [2.24, 2.45) is 5.92 Å². The molecule has 1 aliphatic carbocycles. The first-order chi connectivity index (χ1) is 9.53. The van der Waals surface area contributed by atoms with Crippen molar-refractivity contribution in [1.29, 1.82) is 0 Å². The van der Waals surface area contributed by atoms with Crippen molar-refractivity contribution in [3.05, 3.63) is 0 Å². The van der Waals surface area contributed by atoms with Crippen LogP contribution in [0.2, 0.25) is 0 Å². The van der Waals surface area contributed by atoms with Crippen LogP contribution in [0.1, 0.15) is 46.5 Å². The summed E-state index contributed by atoms with van der Waals surface area (Å²) in [6.07, 6.45) is 3.66. The zero-order valence-electron chi connectivity index (χ0n) is 12.8. The van der Waals surface area contributed by atoms with E-state index in [0.717, 1.165) is 19.3 Å². The number of piperazine rings is 1. The van der Waals surface area contributed by atoms with Crippen LogP contribution in [0.25, 0.3) is 0 Å². The maximum Gasteiger partial charge on any atom is 0.248 e. The topological polar surface area (TPSA) is 58.6 Å². The van der Waals surface area contributed by atoms with Crippen LogP contribution in [0.4, 0.5) is 0 Å². The number of ether oxygens (including phenoxy) is 1. The van der Waals surface area contributed by atoms with E-state index in [0.29, 0.717) is 32.1 Å². The summed E-state index contributed by atoms with van der Waals surface area (Å²) >= 11 is 0. The summed E-state index contributed by atoms with van der Waals surface area (Å²) in [6.45, 7) is 7.53. The van der Waals surface area contributed by atoms with E-state index >= 15 is 0 Å². The normalized spacial score (nSPS) is 30.6. The minimum Gasteiger partial charge on any atom is -0.380 e. The molecule has 20 heavy (non-hydrogen) atoms. The van der Waals surface area contributed by atoms with Crippen LogP contribution in [0.3, 0.4) is 0 Å². The zero-order chi connectivity index (χ0) is 14.8. The number of amides is 2. The first-order valence-corrected chi connectivity index (χ1v) is 7.74. The van der Waals surface area contributed by atoms with Gasteiger partial charge in [-0.2, -0.15) is 0 Å². The van der Waals surface area contributed by atoms with E-state index in [-0.39, 0.29) is 17.9 Å². The number of carbonyl (C=O) groups excluding carboxylic acids is 2. The molecule has 5 heteroatoms. The van der Waals surface area contributed by atoms with Gasteiger partial charge in [0.15, 0.2) is 0 Å². The number of hydrogen-bond donors (Lipinski definition) is 1. The third-order valence-corrected chi connectivity index (χ3v) is 4.34. The number of nitrogens with zero attached hydrogens (tertiary/aromatic N) is 1. The molecule has 1 saturated carbocycles. The van der Waals surface area contributed by atoms with Crippen LogP contribution in [-0.2, 0) is 14.3 Å². The average Bonchev–Trinajstić information content (AvgIpc) is 3.24. The van der Waals surface area contributed by atoms with Crippen molar-refractivity contribution >= 4 is 11.8 Å². The van der Waals surface area contributed by atoms with Gasteiger partial charge in [-0.25, -0.2) is 0 Å². The summed E-state index contributed by atoms with van der Waals surface area (Å²) in [5.74, 6) is 0.384. The van der Waals surface area contributed by atoms with E-state index in [1.54, 1.807) is 4.90 Å². The highest BCUT2D eigenvalue weighted by Crippen LogP contribution is 2.38. The summed E-state index contributed by atoms with van der Waals surface area (Å²) in [4.78, 5) is 26.8. The summed E-state index contributed by atoms with van der Waals surface area (Å²) < 4.78 is 5.49. The van der Waals surface area contributed by atoms with E-state index in [9.17, 15) is 9.59 Å². The molecule has 1 saturated heterocycles. The van der Waals surface area contributed by atoms with Crippen LogP contribution in [-0.4, -0.2) is 48.1 Å². The number of nitrogens with one attached hydrogen (secondary N) is 1.